The van der Waals surface area contributed by atoms with Gasteiger partial charge in [-0.15, -0.1) is 0 Å². The molecule has 1 aromatic heterocycles. The van der Waals surface area contributed by atoms with Crippen molar-refractivity contribution < 1.29 is 9.53 Å². The first-order chi connectivity index (χ1) is 8.19. The molecule has 5 nitrogen and oxygen atoms in total. The Morgan fingerprint density at radius 3 is 2.94 bits per heavy atom. The highest BCUT2D eigenvalue weighted by Crippen LogP contribution is 2.46. The van der Waals surface area contributed by atoms with Gasteiger partial charge in [0.15, 0.2) is 5.69 Å². The molecule has 1 aliphatic rings. The molecule has 0 radical (unpaired) electrons. The molecule has 0 aromatic carbocycles. The number of carbonyl (C=O) groups excluding carboxylic acids is 1. The molecule has 17 heavy (non-hydrogen) atoms. The van der Waals surface area contributed by atoms with Crippen molar-refractivity contribution in [1.82, 2.24) is 9.97 Å². The van der Waals surface area contributed by atoms with Crippen LogP contribution >= 0.6 is 11.8 Å². The van der Waals surface area contributed by atoms with Crippen LogP contribution in [-0.4, -0.2) is 40.6 Å². The standard InChI is InChI=1S/C11H15N3O2S/c1-16-10(15)8-5-12-6-9(14-8)13-7-11(17-2)3-4-11/h5-6H,3-4,7H2,1-2H3,(H,13,14). The van der Waals surface area contributed by atoms with Crippen LogP contribution in [0.5, 0.6) is 0 Å². The molecular weight excluding hydrogens is 238 g/mol. The van der Waals surface area contributed by atoms with E-state index in [4.69, 9.17) is 0 Å². The van der Waals surface area contributed by atoms with Gasteiger partial charge in [0.2, 0.25) is 0 Å². The highest BCUT2D eigenvalue weighted by molar-refractivity contribution is 8.00. The summed E-state index contributed by atoms with van der Waals surface area (Å²) in [6.45, 7) is 0.855. The van der Waals surface area contributed by atoms with Gasteiger partial charge >= 0.3 is 5.97 Å². The van der Waals surface area contributed by atoms with Crippen LogP contribution in [0.4, 0.5) is 5.82 Å². The number of carbonyl (C=O) groups is 1. The molecule has 0 unspecified atom stereocenters. The third kappa shape index (κ3) is 2.88. The van der Waals surface area contributed by atoms with Crippen LogP contribution < -0.4 is 5.32 Å². The maximum absolute atomic E-state index is 11.3. The number of aromatic nitrogens is 2. The lowest BCUT2D eigenvalue weighted by atomic mass is 10.4. The third-order valence-corrected chi connectivity index (χ3v) is 4.28. The Hall–Kier alpha value is -1.30. The van der Waals surface area contributed by atoms with E-state index in [9.17, 15) is 4.79 Å². The summed E-state index contributed by atoms with van der Waals surface area (Å²) < 4.78 is 4.95. The molecule has 0 saturated heterocycles. The van der Waals surface area contributed by atoms with Crippen molar-refractivity contribution in [3.8, 4) is 0 Å². The fourth-order valence-electron chi connectivity index (χ4n) is 1.50. The van der Waals surface area contributed by atoms with Gasteiger partial charge in [-0.1, -0.05) is 0 Å². The van der Waals surface area contributed by atoms with Gasteiger partial charge in [0, 0.05) is 11.3 Å². The zero-order valence-electron chi connectivity index (χ0n) is 9.90. The minimum absolute atomic E-state index is 0.228. The normalized spacial score (nSPS) is 16.4. The maximum Gasteiger partial charge on any atom is 0.358 e. The summed E-state index contributed by atoms with van der Waals surface area (Å²) in [5, 5.41) is 3.22. The fraction of sp³-hybridized carbons (Fsp3) is 0.545. The summed E-state index contributed by atoms with van der Waals surface area (Å²) >= 11 is 1.87. The first kappa shape index (κ1) is 12.2. The molecule has 1 heterocycles. The predicted molar refractivity (Wildman–Crippen MR) is 67.3 cm³/mol. The zero-order valence-corrected chi connectivity index (χ0v) is 10.7. The molecule has 0 aliphatic heterocycles. The van der Waals surface area contributed by atoms with E-state index in [0.717, 1.165) is 6.54 Å². The third-order valence-electron chi connectivity index (χ3n) is 2.86. The molecule has 92 valence electrons. The van der Waals surface area contributed by atoms with Gasteiger partial charge < -0.3 is 10.1 Å². The molecule has 1 aromatic rings. The van der Waals surface area contributed by atoms with Crippen molar-refractivity contribution in [2.45, 2.75) is 17.6 Å². The maximum atomic E-state index is 11.3. The molecule has 1 saturated carbocycles. The molecule has 2 rings (SSSR count). The Balaban J connectivity index is 1.99. The van der Waals surface area contributed by atoms with Crippen molar-refractivity contribution in [2.24, 2.45) is 0 Å². The number of hydrogen-bond acceptors (Lipinski definition) is 6. The van der Waals surface area contributed by atoms with Crippen LogP contribution in [0.2, 0.25) is 0 Å². The number of nitrogens with one attached hydrogen (secondary N) is 1. The number of nitrogens with zero attached hydrogens (tertiary/aromatic N) is 2. The topological polar surface area (TPSA) is 64.1 Å². The van der Waals surface area contributed by atoms with E-state index in [1.807, 2.05) is 11.8 Å². The Morgan fingerprint density at radius 1 is 1.59 bits per heavy atom. The van der Waals surface area contributed by atoms with Crippen LogP contribution in [0.3, 0.4) is 0 Å². The van der Waals surface area contributed by atoms with Gasteiger partial charge in [-0.3, -0.25) is 4.98 Å². The number of methoxy groups -OCH3 is 1. The Morgan fingerprint density at radius 2 is 2.35 bits per heavy atom. The van der Waals surface area contributed by atoms with Gasteiger partial charge in [-0.25, -0.2) is 9.78 Å². The molecule has 0 amide bonds. The van der Waals surface area contributed by atoms with E-state index >= 15 is 0 Å². The van der Waals surface area contributed by atoms with Crippen molar-refractivity contribution in [3.63, 3.8) is 0 Å². The Labute approximate surface area is 104 Å². The van der Waals surface area contributed by atoms with Gasteiger partial charge in [0.05, 0.1) is 19.5 Å². The number of anilines is 1. The van der Waals surface area contributed by atoms with Crippen LogP contribution in [-0.2, 0) is 4.74 Å². The number of ether oxygens (including phenoxy) is 1. The quantitative estimate of drug-likeness (QED) is 0.804. The average molecular weight is 253 g/mol. The first-order valence-electron chi connectivity index (χ1n) is 5.38. The van der Waals surface area contributed by atoms with Crippen LogP contribution in [0.1, 0.15) is 23.3 Å². The van der Waals surface area contributed by atoms with Crippen LogP contribution in [0, 0.1) is 0 Å². The first-order valence-corrected chi connectivity index (χ1v) is 6.61. The minimum atomic E-state index is -0.466. The molecule has 1 N–H and O–H groups in total. The number of esters is 1. The van der Waals surface area contributed by atoms with Crippen molar-refractivity contribution in [1.29, 1.82) is 0 Å². The molecule has 1 fully saturated rings. The second kappa shape index (κ2) is 4.91. The fourth-order valence-corrected chi connectivity index (χ4v) is 2.23. The lowest BCUT2D eigenvalue weighted by Crippen LogP contribution is -2.19. The summed E-state index contributed by atoms with van der Waals surface area (Å²) in [5.74, 6) is 0.153. The summed E-state index contributed by atoms with van der Waals surface area (Å²) in [4.78, 5) is 19.4. The molecule has 6 heteroatoms. The predicted octanol–water partition coefficient (Wildman–Crippen LogP) is 1.57. The number of thioether (sulfide) groups is 1. The minimum Gasteiger partial charge on any atom is -0.464 e. The lowest BCUT2D eigenvalue weighted by Gasteiger charge is -2.13. The summed E-state index contributed by atoms with van der Waals surface area (Å²) in [5.41, 5.74) is 0.228. The van der Waals surface area contributed by atoms with Crippen molar-refractivity contribution >= 4 is 23.5 Å². The van der Waals surface area contributed by atoms with E-state index in [0.29, 0.717) is 10.6 Å². The summed E-state index contributed by atoms with van der Waals surface area (Å²) in [6.07, 6.45) is 7.59. The second-order valence-electron chi connectivity index (χ2n) is 4.02. The number of hydrogen-bond donors (Lipinski definition) is 1. The average Bonchev–Trinajstić information content (AvgIpc) is 3.16. The molecule has 0 spiro atoms. The van der Waals surface area contributed by atoms with Crippen molar-refractivity contribution in [3.05, 3.63) is 18.1 Å². The molecule has 0 atom stereocenters. The molecular formula is C11H15N3O2S. The van der Waals surface area contributed by atoms with Crippen LogP contribution in [0.15, 0.2) is 12.4 Å². The van der Waals surface area contributed by atoms with Gasteiger partial charge in [0.1, 0.15) is 5.82 Å². The molecule has 0 bridgehead atoms. The summed E-state index contributed by atoms with van der Waals surface area (Å²) in [6, 6.07) is 0. The highest BCUT2D eigenvalue weighted by atomic mass is 32.2. The Kier molecular flexibility index (Phi) is 3.51. The van der Waals surface area contributed by atoms with E-state index in [2.05, 4.69) is 26.3 Å². The smallest absolute Gasteiger partial charge is 0.358 e. The summed E-state index contributed by atoms with van der Waals surface area (Å²) in [7, 11) is 1.33. The van der Waals surface area contributed by atoms with Gasteiger partial charge in [-0.05, 0) is 19.1 Å². The number of rotatable bonds is 5. The largest absolute Gasteiger partial charge is 0.464 e. The SMILES string of the molecule is COC(=O)c1cncc(NCC2(SC)CC2)n1. The van der Waals surface area contributed by atoms with E-state index < -0.39 is 5.97 Å². The lowest BCUT2D eigenvalue weighted by molar-refractivity contribution is 0.0593. The highest BCUT2D eigenvalue weighted by Gasteiger charge is 2.41. The monoisotopic (exact) mass is 253 g/mol. The van der Waals surface area contributed by atoms with Gasteiger partial charge in [0.25, 0.3) is 0 Å². The van der Waals surface area contributed by atoms with Crippen molar-refractivity contribution in [2.75, 3.05) is 25.2 Å². The van der Waals surface area contributed by atoms with E-state index in [-0.39, 0.29) is 5.69 Å². The van der Waals surface area contributed by atoms with E-state index in [1.54, 1.807) is 6.20 Å². The van der Waals surface area contributed by atoms with Crippen LogP contribution in [0.25, 0.3) is 0 Å². The molecule has 1 aliphatic carbocycles. The van der Waals surface area contributed by atoms with Gasteiger partial charge in [-0.2, -0.15) is 11.8 Å². The second-order valence-corrected chi connectivity index (χ2v) is 5.30. The zero-order chi connectivity index (χ0) is 12.3. The van der Waals surface area contributed by atoms with E-state index in [1.165, 1.54) is 26.1 Å². The Bertz CT molecular complexity index is 421.